The van der Waals surface area contributed by atoms with Gasteiger partial charge in [-0.15, -0.1) is 0 Å². The standard InChI is InChI=1S/C21H32O4/c1-3-7-17(8-4-1)11-19-13-22-21(23-14-19)24-15-20(16-25-21)12-18-9-5-2-6-10-18/h1-3,5,17-20H,4,6-16H2. The first-order valence-corrected chi connectivity index (χ1v) is 10.2. The number of hydrogen-bond acceptors (Lipinski definition) is 4. The van der Waals surface area contributed by atoms with Crippen LogP contribution in [0.15, 0.2) is 24.3 Å². The normalized spacial score (nSPS) is 41.9. The van der Waals surface area contributed by atoms with Gasteiger partial charge in [-0.1, -0.05) is 24.3 Å². The van der Waals surface area contributed by atoms with Gasteiger partial charge in [0.25, 0.3) is 0 Å². The quantitative estimate of drug-likeness (QED) is 0.705. The summed E-state index contributed by atoms with van der Waals surface area (Å²) in [6, 6.07) is 0. The lowest BCUT2D eigenvalue weighted by molar-refractivity contribution is -0.535. The zero-order valence-corrected chi connectivity index (χ0v) is 15.2. The summed E-state index contributed by atoms with van der Waals surface area (Å²) in [5, 5.41) is 0. The Kier molecular flexibility index (Phi) is 5.91. The average molecular weight is 348 g/mol. The van der Waals surface area contributed by atoms with E-state index in [0.717, 1.165) is 11.8 Å². The van der Waals surface area contributed by atoms with E-state index in [1.165, 1.54) is 51.4 Å². The second-order valence-electron chi connectivity index (χ2n) is 8.25. The minimum Gasteiger partial charge on any atom is -0.303 e. The van der Waals surface area contributed by atoms with E-state index in [9.17, 15) is 0 Å². The van der Waals surface area contributed by atoms with Crippen molar-refractivity contribution in [2.45, 2.75) is 57.5 Å². The SMILES string of the molecule is C1=CCC(CC2COC3(OC2)OCC(CC2CC=CCC2)CO3)CC1. The van der Waals surface area contributed by atoms with Gasteiger partial charge >= 0.3 is 6.16 Å². The molecule has 2 aliphatic carbocycles. The Balaban J connectivity index is 1.18. The van der Waals surface area contributed by atoms with Crippen LogP contribution in [-0.2, 0) is 18.9 Å². The lowest BCUT2D eigenvalue weighted by atomic mass is 9.86. The Bertz CT molecular complexity index is 423. The Morgan fingerprint density at radius 3 is 1.40 bits per heavy atom. The van der Waals surface area contributed by atoms with Gasteiger partial charge in [-0.05, 0) is 63.2 Å². The molecule has 0 saturated carbocycles. The summed E-state index contributed by atoms with van der Waals surface area (Å²) in [7, 11) is 0. The van der Waals surface area contributed by atoms with Crippen molar-refractivity contribution in [2.24, 2.45) is 23.7 Å². The van der Waals surface area contributed by atoms with Crippen LogP contribution in [0, 0.1) is 23.7 Å². The molecule has 25 heavy (non-hydrogen) atoms. The minimum atomic E-state index is -1.22. The van der Waals surface area contributed by atoms with E-state index in [1.807, 2.05) is 0 Å². The molecule has 2 atom stereocenters. The third-order valence-electron chi connectivity index (χ3n) is 6.07. The molecule has 2 fully saturated rings. The van der Waals surface area contributed by atoms with Crippen LogP contribution in [0.5, 0.6) is 0 Å². The van der Waals surface area contributed by atoms with Crippen LogP contribution < -0.4 is 0 Å². The van der Waals surface area contributed by atoms with Gasteiger partial charge in [0.2, 0.25) is 0 Å². The Morgan fingerprint density at radius 1 is 0.600 bits per heavy atom. The van der Waals surface area contributed by atoms with Crippen molar-refractivity contribution in [3.05, 3.63) is 24.3 Å². The third kappa shape index (κ3) is 4.73. The average Bonchev–Trinajstić information content (AvgIpc) is 2.68. The van der Waals surface area contributed by atoms with Gasteiger partial charge in [0.1, 0.15) is 0 Å². The molecule has 0 amide bonds. The predicted molar refractivity (Wildman–Crippen MR) is 95.7 cm³/mol. The molecule has 2 heterocycles. The van der Waals surface area contributed by atoms with Crippen molar-refractivity contribution >= 4 is 0 Å². The van der Waals surface area contributed by atoms with Crippen LogP contribution in [0.1, 0.15) is 51.4 Å². The Morgan fingerprint density at radius 2 is 1.04 bits per heavy atom. The van der Waals surface area contributed by atoms with E-state index in [2.05, 4.69) is 24.3 Å². The van der Waals surface area contributed by atoms with Gasteiger partial charge in [-0.3, -0.25) is 0 Å². The number of ether oxygens (including phenoxy) is 4. The van der Waals surface area contributed by atoms with E-state index < -0.39 is 6.16 Å². The summed E-state index contributed by atoms with van der Waals surface area (Å²) in [4.78, 5) is 0. The second-order valence-corrected chi connectivity index (χ2v) is 8.25. The van der Waals surface area contributed by atoms with E-state index in [1.54, 1.807) is 0 Å². The predicted octanol–water partition coefficient (Wildman–Crippen LogP) is 4.42. The first-order valence-electron chi connectivity index (χ1n) is 10.2. The second kappa shape index (κ2) is 8.34. The maximum absolute atomic E-state index is 5.90. The van der Waals surface area contributed by atoms with E-state index in [-0.39, 0.29) is 0 Å². The highest BCUT2D eigenvalue weighted by atomic mass is 17.0. The molecule has 2 saturated heterocycles. The summed E-state index contributed by atoms with van der Waals surface area (Å²) in [5.74, 6) is 2.47. The van der Waals surface area contributed by atoms with Crippen LogP contribution in [0.4, 0.5) is 0 Å². The molecule has 0 radical (unpaired) electrons. The Labute approximate surface area is 151 Å². The largest absolute Gasteiger partial charge is 0.412 e. The highest BCUT2D eigenvalue weighted by Gasteiger charge is 2.45. The lowest BCUT2D eigenvalue weighted by Gasteiger charge is -2.43. The van der Waals surface area contributed by atoms with Crippen LogP contribution in [0.2, 0.25) is 0 Å². The molecule has 4 heteroatoms. The smallest absolute Gasteiger partial charge is 0.303 e. The van der Waals surface area contributed by atoms with Crippen LogP contribution in [0.3, 0.4) is 0 Å². The molecule has 4 rings (SSSR count). The maximum atomic E-state index is 5.90. The molecular weight excluding hydrogens is 316 g/mol. The highest BCUT2D eigenvalue weighted by molar-refractivity contribution is 4.91. The molecule has 4 aliphatic rings. The molecule has 0 aromatic carbocycles. The molecule has 140 valence electrons. The van der Waals surface area contributed by atoms with Crippen molar-refractivity contribution in [1.82, 2.24) is 0 Å². The van der Waals surface area contributed by atoms with Crippen LogP contribution in [-0.4, -0.2) is 32.6 Å². The topological polar surface area (TPSA) is 36.9 Å². The van der Waals surface area contributed by atoms with E-state index in [4.69, 9.17) is 18.9 Å². The molecule has 2 unspecified atom stereocenters. The summed E-state index contributed by atoms with van der Waals surface area (Å²) >= 11 is 0. The van der Waals surface area contributed by atoms with Gasteiger partial charge < -0.3 is 18.9 Å². The van der Waals surface area contributed by atoms with Gasteiger partial charge in [0, 0.05) is 11.8 Å². The monoisotopic (exact) mass is 348 g/mol. The Hall–Kier alpha value is -0.680. The van der Waals surface area contributed by atoms with Crippen molar-refractivity contribution in [3.8, 4) is 0 Å². The van der Waals surface area contributed by atoms with E-state index >= 15 is 0 Å². The maximum Gasteiger partial charge on any atom is 0.412 e. The molecule has 0 aromatic rings. The minimum absolute atomic E-state index is 0.459. The van der Waals surface area contributed by atoms with Crippen LogP contribution in [0.25, 0.3) is 0 Å². The molecule has 4 nitrogen and oxygen atoms in total. The molecule has 0 aromatic heterocycles. The fourth-order valence-corrected chi connectivity index (χ4v) is 4.58. The van der Waals surface area contributed by atoms with E-state index in [0.29, 0.717) is 38.3 Å². The van der Waals surface area contributed by atoms with Crippen molar-refractivity contribution in [3.63, 3.8) is 0 Å². The van der Waals surface area contributed by atoms with Gasteiger partial charge in [-0.25, -0.2) is 0 Å². The first kappa shape index (κ1) is 17.7. The third-order valence-corrected chi connectivity index (χ3v) is 6.07. The molecule has 0 bridgehead atoms. The molecule has 1 spiro atoms. The summed E-state index contributed by atoms with van der Waals surface area (Å²) < 4.78 is 23.6. The number of allylic oxidation sites excluding steroid dienone is 4. The first-order chi connectivity index (χ1) is 12.3. The van der Waals surface area contributed by atoms with Crippen molar-refractivity contribution in [2.75, 3.05) is 26.4 Å². The highest BCUT2D eigenvalue weighted by Crippen LogP contribution is 2.35. The van der Waals surface area contributed by atoms with Gasteiger partial charge in [0.15, 0.2) is 0 Å². The van der Waals surface area contributed by atoms with Gasteiger partial charge in [-0.2, -0.15) is 0 Å². The molecule has 2 aliphatic heterocycles. The van der Waals surface area contributed by atoms with Crippen LogP contribution >= 0.6 is 0 Å². The van der Waals surface area contributed by atoms with Gasteiger partial charge in [0.05, 0.1) is 26.4 Å². The zero-order valence-electron chi connectivity index (χ0n) is 15.2. The van der Waals surface area contributed by atoms with Crippen molar-refractivity contribution in [1.29, 1.82) is 0 Å². The zero-order chi connectivity index (χ0) is 17.0. The number of rotatable bonds is 4. The fourth-order valence-electron chi connectivity index (χ4n) is 4.58. The van der Waals surface area contributed by atoms with Crippen molar-refractivity contribution < 1.29 is 18.9 Å². The number of hydrogen-bond donors (Lipinski definition) is 0. The summed E-state index contributed by atoms with van der Waals surface area (Å²) in [6.45, 7) is 2.72. The summed E-state index contributed by atoms with van der Waals surface area (Å²) in [5.41, 5.74) is 0. The summed E-state index contributed by atoms with van der Waals surface area (Å²) in [6.07, 6.45) is 17.8. The lowest BCUT2D eigenvalue weighted by Crippen LogP contribution is -2.53. The molecular formula is C21H32O4. The fraction of sp³-hybridized carbons (Fsp3) is 0.810. The molecule has 0 N–H and O–H groups in total.